The van der Waals surface area contributed by atoms with Crippen LogP contribution in [0.1, 0.15) is 26.2 Å². The zero-order valence-corrected chi connectivity index (χ0v) is 12.5. The standard InChI is InChI=1S/C13H20O3S2/c1-3-16-12(14)10-11(6-4-8-15-2)18-13-7-5-9-17-13/h5,7,9,11H,3-4,6,8,10H2,1-2H3. The fourth-order valence-corrected chi connectivity index (χ4v) is 3.79. The summed E-state index contributed by atoms with van der Waals surface area (Å²) in [5.74, 6) is -0.107. The van der Waals surface area contributed by atoms with E-state index in [0.29, 0.717) is 13.0 Å². The normalized spacial score (nSPS) is 12.3. The molecule has 1 atom stereocenters. The maximum absolute atomic E-state index is 11.6. The molecule has 0 fully saturated rings. The summed E-state index contributed by atoms with van der Waals surface area (Å²) in [6.45, 7) is 3.03. The Labute approximate surface area is 117 Å². The number of hydrogen-bond acceptors (Lipinski definition) is 5. The zero-order chi connectivity index (χ0) is 13.2. The maximum atomic E-state index is 11.6. The van der Waals surface area contributed by atoms with Crippen molar-refractivity contribution in [3.05, 3.63) is 17.5 Å². The molecule has 0 saturated heterocycles. The monoisotopic (exact) mass is 288 g/mol. The van der Waals surface area contributed by atoms with Gasteiger partial charge in [0.25, 0.3) is 0 Å². The van der Waals surface area contributed by atoms with Gasteiger partial charge in [-0.3, -0.25) is 4.79 Å². The summed E-state index contributed by atoms with van der Waals surface area (Å²) >= 11 is 3.47. The molecule has 0 amide bonds. The lowest BCUT2D eigenvalue weighted by Gasteiger charge is -2.14. The highest BCUT2D eigenvalue weighted by Crippen LogP contribution is 2.32. The summed E-state index contributed by atoms with van der Waals surface area (Å²) in [5, 5.41) is 2.33. The van der Waals surface area contributed by atoms with Crippen LogP contribution in [0.15, 0.2) is 21.7 Å². The van der Waals surface area contributed by atoms with Gasteiger partial charge < -0.3 is 9.47 Å². The molecule has 3 nitrogen and oxygen atoms in total. The van der Waals surface area contributed by atoms with Crippen LogP contribution in [0.3, 0.4) is 0 Å². The zero-order valence-electron chi connectivity index (χ0n) is 10.9. The third kappa shape index (κ3) is 6.42. The van der Waals surface area contributed by atoms with E-state index in [1.54, 1.807) is 30.2 Å². The summed E-state index contributed by atoms with van der Waals surface area (Å²) in [4.78, 5) is 11.6. The number of carbonyl (C=O) groups is 1. The number of hydrogen-bond donors (Lipinski definition) is 0. The molecule has 1 heterocycles. The van der Waals surface area contributed by atoms with E-state index in [-0.39, 0.29) is 11.2 Å². The van der Waals surface area contributed by atoms with Crippen molar-refractivity contribution in [1.29, 1.82) is 0 Å². The molecular weight excluding hydrogens is 268 g/mol. The third-order valence-electron chi connectivity index (χ3n) is 2.35. The van der Waals surface area contributed by atoms with Gasteiger partial charge in [-0.05, 0) is 31.2 Å². The molecule has 102 valence electrons. The van der Waals surface area contributed by atoms with Gasteiger partial charge in [-0.1, -0.05) is 6.07 Å². The lowest BCUT2D eigenvalue weighted by molar-refractivity contribution is -0.143. The molecule has 0 aromatic carbocycles. The molecule has 1 rings (SSSR count). The van der Waals surface area contributed by atoms with Crippen LogP contribution in [-0.4, -0.2) is 31.5 Å². The predicted octanol–water partition coefficient (Wildman–Crippen LogP) is 3.59. The van der Waals surface area contributed by atoms with Crippen LogP contribution in [0.4, 0.5) is 0 Å². The smallest absolute Gasteiger partial charge is 0.306 e. The van der Waals surface area contributed by atoms with Crippen LogP contribution in [-0.2, 0) is 14.3 Å². The van der Waals surface area contributed by atoms with Crippen molar-refractivity contribution < 1.29 is 14.3 Å². The van der Waals surface area contributed by atoms with Gasteiger partial charge in [0.2, 0.25) is 0 Å². The molecule has 0 aliphatic heterocycles. The summed E-state index contributed by atoms with van der Waals surface area (Å²) in [6.07, 6.45) is 2.41. The first kappa shape index (κ1) is 15.5. The van der Waals surface area contributed by atoms with Crippen molar-refractivity contribution in [3.8, 4) is 0 Å². The summed E-state index contributed by atoms with van der Waals surface area (Å²) in [7, 11) is 1.70. The number of carbonyl (C=O) groups excluding carboxylic acids is 1. The average Bonchev–Trinajstić information content (AvgIpc) is 2.82. The second-order valence-electron chi connectivity index (χ2n) is 3.82. The van der Waals surface area contributed by atoms with Gasteiger partial charge in [-0.15, -0.1) is 23.1 Å². The number of methoxy groups -OCH3 is 1. The largest absolute Gasteiger partial charge is 0.466 e. The summed E-state index contributed by atoms with van der Waals surface area (Å²) in [5.41, 5.74) is 0. The van der Waals surface area contributed by atoms with Gasteiger partial charge in [0, 0.05) is 19.0 Å². The van der Waals surface area contributed by atoms with Crippen molar-refractivity contribution in [2.45, 2.75) is 35.6 Å². The van der Waals surface area contributed by atoms with Crippen LogP contribution >= 0.6 is 23.1 Å². The first-order valence-electron chi connectivity index (χ1n) is 6.11. The van der Waals surface area contributed by atoms with Gasteiger partial charge in [0.05, 0.1) is 17.2 Å². The molecule has 1 aromatic rings. The highest BCUT2D eigenvalue weighted by Gasteiger charge is 2.16. The number of esters is 1. The van der Waals surface area contributed by atoms with Gasteiger partial charge in [-0.2, -0.15) is 0 Å². The molecular formula is C13H20O3S2. The molecule has 1 aromatic heterocycles. The Kier molecular flexibility index (Phi) is 8.13. The van der Waals surface area contributed by atoms with E-state index in [9.17, 15) is 4.79 Å². The number of ether oxygens (including phenoxy) is 2. The Bertz CT molecular complexity index is 325. The number of rotatable bonds is 9. The van der Waals surface area contributed by atoms with E-state index < -0.39 is 0 Å². The molecule has 0 spiro atoms. The van der Waals surface area contributed by atoms with Gasteiger partial charge >= 0.3 is 5.97 Å². The Morgan fingerprint density at radius 1 is 1.56 bits per heavy atom. The minimum atomic E-state index is -0.107. The lowest BCUT2D eigenvalue weighted by atomic mass is 10.2. The molecule has 0 aliphatic carbocycles. The van der Waals surface area contributed by atoms with E-state index in [1.807, 2.05) is 13.0 Å². The molecule has 0 radical (unpaired) electrons. The van der Waals surface area contributed by atoms with Gasteiger partial charge in [-0.25, -0.2) is 0 Å². The van der Waals surface area contributed by atoms with Crippen LogP contribution in [0.2, 0.25) is 0 Å². The molecule has 0 aliphatic rings. The van der Waals surface area contributed by atoms with E-state index in [0.717, 1.165) is 19.4 Å². The van der Waals surface area contributed by atoms with E-state index >= 15 is 0 Å². The van der Waals surface area contributed by atoms with Crippen LogP contribution in [0.25, 0.3) is 0 Å². The first-order chi connectivity index (χ1) is 8.76. The molecule has 1 unspecified atom stereocenters. The van der Waals surface area contributed by atoms with Gasteiger partial charge in [0.15, 0.2) is 0 Å². The molecule has 0 saturated carbocycles. The maximum Gasteiger partial charge on any atom is 0.306 e. The predicted molar refractivity (Wildman–Crippen MR) is 76.3 cm³/mol. The van der Waals surface area contributed by atoms with Crippen molar-refractivity contribution in [1.82, 2.24) is 0 Å². The Hall–Kier alpha value is -0.520. The molecule has 5 heteroatoms. The van der Waals surface area contributed by atoms with Crippen LogP contribution < -0.4 is 0 Å². The van der Waals surface area contributed by atoms with Gasteiger partial charge in [0.1, 0.15) is 0 Å². The highest BCUT2D eigenvalue weighted by atomic mass is 32.2. The van der Waals surface area contributed by atoms with Crippen molar-refractivity contribution in [2.75, 3.05) is 20.3 Å². The highest BCUT2D eigenvalue weighted by molar-refractivity contribution is 8.01. The third-order valence-corrected chi connectivity index (χ3v) is 4.70. The van der Waals surface area contributed by atoms with Crippen LogP contribution in [0.5, 0.6) is 0 Å². The van der Waals surface area contributed by atoms with Crippen LogP contribution in [0, 0.1) is 0 Å². The van der Waals surface area contributed by atoms with Crippen molar-refractivity contribution in [3.63, 3.8) is 0 Å². The number of thiophene rings is 1. The van der Waals surface area contributed by atoms with E-state index in [1.165, 1.54) is 4.21 Å². The Morgan fingerprint density at radius 2 is 2.39 bits per heavy atom. The van der Waals surface area contributed by atoms with E-state index in [2.05, 4.69) is 11.4 Å². The topological polar surface area (TPSA) is 35.5 Å². The van der Waals surface area contributed by atoms with Crippen molar-refractivity contribution in [2.24, 2.45) is 0 Å². The Balaban J connectivity index is 2.43. The lowest BCUT2D eigenvalue weighted by Crippen LogP contribution is -2.14. The second kappa shape index (κ2) is 9.42. The molecule has 18 heavy (non-hydrogen) atoms. The molecule has 0 bridgehead atoms. The minimum Gasteiger partial charge on any atom is -0.466 e. The fourth-order valence-electron chi connectivity index (χ4n) is 1.56. The quantitative estimate of drug-likeness (QED) is 0.395. The average molecular weight is 288 g/mol. The minimum absolute atomic E-state index is 0.107. The Morgan fingerprint density at radius 3 is 3.00 bits per heavy atom. The summed E-state index contributed by atoms with van der Waals surface area (Å²) < 4.78 is 11.3. The van der Waals surface area contributed by atoms with E-state index in [4.69, 9.17) is 9.47 Å². The SMILES string of the molecule is CCOC(=O)CC(CCCOC)Sc1cccs1. The molecule has 0 N–H and O–H groups in total. The number of thioether (sulfide) groups is 1. The fraction of sp³-hybridized carbons (Fsp3) is 0.615. The van der Waals surface area contributed by atoms with Crippen molar-refractivity contribution >= 4 is 29.1 Å². The first-order valence-corrected chi connectivity index (χ1v) is 7.87. The summed E-state index contributed by atoms with van der Waals surface area (Å²) in [6, 6.07) is 4.12. The second-order valence-corrected chi connectivity index (χ2v) is 6.36.